The van der Waals surface area contributed by atoms with Crippen LogP contribution in [0, 0.1) is 23.7 Å². The Balaban J connectivity index is 0.00000210. The van der Waals surface area contributed by atoms with Crippen molar-refractivity contribution in [2.24, 2.45) is 28.7 Å². The van der Waals surface area contributed by atoms with E-state index in [0.29, 0.717) is 18.4 Å². The summed E-state index contributed by atoms with van der Waals surface area (Å²) in [6.45, 7) is 4.61. The SMILES string of the molecule is CN=C(NCC1C2CCc3ccccc3C21)N1CC(C)C(C(=O)OC)C1.I. The molecular formula is C21H30IN3O2. The highest BCUT2D eigenvalue weighted by Crippen LogP contribution is 2.59. The minimum absolute atomic E-state index is 0. The minimum Gasteiger partial charge on any atom is -0.469 e. The maximum Gasteiger partial charge on any atom is 0.310 e. The summed E-state index contributed by atoms with van der Waals surface area (Å²) in [4.78, 5) is 18.6. The van der Waals surface area contributed by atoms with E-state index in [1.165, 1.54) is 25.5 Å². The summed E-state index contributed by atoms with van der Waals surface area (Å²) in [6.07, 6.45) is 2.52. The van der Waals surface area contributed by atoms with E-state index in [9.17, 15) is 4.79 Å². The number of carbonyl (C=O) groups is 1. The van der Waals surface area contributed by atoms with Gasteiger partial charge in [0.15, 0.2) is 5.96 Å². The summed E-state index contributed by atoms with van der Waals surface area (Å²) in [5.74, 6) is 3.26. The van der Waals surface area contributed by atoms with Crippen LogP contribution in [0.3, 0.4) is 0 Å². The van der Waals surface area contributed by atoms with Gasteiger partial charge in [-0.15, -0.1) is 24.0 Å². The van der Waals surface area contributed by atoms with Crippen molar-refractivity contribution in [3.63, 3.8) is 0 Å². The topological polar surface area (TPSA) is 53.9 Å². The van der Waals surface area contributed by atoms with Gasteiger partial charge >= 0.3 is 5.97 Å². The van der Waals surface area contributed by atoms with Gasteiger partial charge in [0.05, 0.1) is 13.0 Å². The molecule has 148 valence electrons. The second-order valence-corrected chi connectivity index (χ2v) is 8.03. The molecule has 1 saturated carbocycles. The number of esters is 1. The normalized spacial score (nSPS) is 31.4. The van der Waals surface area contributed by atoms with Crippen molar-refractivity contribution in [2.45, 2.75) is 25.7 Å². The number of guanidine groups is 1. The lowest BCUT2D eigenvalue weighted by Crippen LogP contribution is -2.41. The number of nitrogens with one attached hydrogen (secondary N) is 1. The van der Waals surface area contributed by atoms with Crippen molar-refractivity contribution in [1.29, 1.82) is 0 Å². The van der Waals surface area contributed by atoms with E-state index in [0.717, 1.165) is 25.0 Å². The molecule has 1 heterocycles. The first-order valence-electron chi connectivity index (χ1n) is 9.75. The minimum atomic E-state index is -0.111. The molecule has 2 aliphatic carbocycles. The number of likely N-dealkylation sites (tertiary alicyclic amines) is 1. The Morgan fingerprint density at radius 2 is 2.11 bits per heavy atom. The van der Waals surface area contributed by atoms with Crippen molar-refractivity contribution in [2.75, 3.05) is 33.8 Å². The van der Waals surface area contributed by atoms with Crippen LogP contribution >= 0.6 is 24.0 Å². The Morgan fingerprint density at radius 3 is 2.85 bits per heavy atom. The number of halogens is 1. The Kier molecular flexibility index (Phi) is 6.33. The van der Waals surface area contributed by atoms with Crippen LogP contribution in [0.4, 0.5) is 0 Å². The molecule has 1 aromatic rings. The van der Waals surface area contributed by atoms with Crippen LogP contribution in [0.25, 0.3) is 0 Å². The second kappa shape index (κ2) is 8.37. The zero-order valence-electron chi connectivity index (χ0n) is 16.4. The molecule has 0 spiro atoms. The van der Waals surface area contributed by atoms with Gasteiger partial charge in [-0.05, 0) is 47.6 Å². The number of hydrogen-bond acceptors (Lipinski definition) is 3. The van der Waals surface area contributed by atoms with Gasteiger partial charge in [0.25, 0.3) is 0 Å². The van der Waals surface area contributed by atoms with E-state index in [1.807, 2.05) is 7.05 Å². The molecule has 5 atom stereocenters. The fourth-order valence-electron chi connectivity index (χ4n) is 5.13. The van der Waals surface area contributed by atoms with Gasteiger partial charge in [0.1, 0.15) is 0 Å². The molecule has 27 heavy (non-hydrogen) atoms. The molecule has 1 aliphatic heterocycles. The summed E-state index contributed by atoms with van der Waals surface area (Å²) < 4.78 is 4.95. The fourth-order valence-corrected chi connectivity index (χ4v) is 5.13. The van der Waals surface area contributed by atoms with E-state index in [1.54, 1.807) is 5.56 Å². The number of hydrogen-bond donors (Lipinski definition) is 1. The number of nitrogens with zero attached hydrogens (tertiary/aromatic N) is 2. The summed E-state index contributed by atoms with van der Waals surface area (Å²) >= 11 is 0. The van der Waals surface area contributed by atoms with Crippen LogP contribution in [-0.2, 0) is 16.0 Å². The molecule has 0 aromatic heterocycles. The highest BCUT2D eigenvalue weighted by atomic mass is 127. The second-order valence-electron chi connectivity index (χ2n) is 8.03. The smallest absolute Gasteiger partial charge is 0.310 e. The Bertz CT molecular complexity index is 723. The Labute approximate surface area is 179 Å². The van der Waals surface area contributed by atoms with Crippen molar-refractivity contribution in [1.82, 2.24) is 10.2 Å². The average Bonchev–Trinajstić information content (AvgIpc) is 3.26. The number of aliphatic imine (C=N–C) groups is 1. The third-order valence-electron chi connectivity index (χ3n) is 6.62. The molecule has 1 aromatic carbocycles. The molecule has 1 N–H and O–H groups in total. The molecule has 5 nitrogen and oxygen atoms in total. The zero-order chi connectivity index (χ0) is 18.3. The van der Waals surface area contributed by atoms with Gasteiger partial charge in [0, 0.05) is 26.7 Å². The number of carbonyl (C=O) groups excluding carboxylic acids is 1. The van der Waals surface area contributed by atoms with Gasteiger partial charge in [-0.25, -0.2) is 0 Å². The Morgan fingerprint density at radius 1 is 1.33 bits per heavy atom. The first kappa shape index (κ1) is 20.4. The highest BCUT2D eigenvalue weighted by molar-refractivity contribution is 14.0. The van der Waals surface area contributed by atoms with E-state index < -0.39 is 0 Å². The van der Waals surface area contributed by atoms with Crippen molar-refractivity contribution >= 4 is 35.9 Å². The number of ether oxygens (including phenoxy) is 1. The monoisotopic (exact) mass is 483 g/mol. The van der Waals surface area contributed by atoms with Crippen LogP contribution in [0.1, 0.15) is 30.4 Å². The van der Waals surface area contributed by atoms with Crippen molar-refractivity contribution in [3.8, 4) is 0 Å². The number of rotatable bonds is 3. The maximum atomic E-state index is 11.9. The average molecular weight is 483 g/mol. The van der Waals surface area contributed by atoms with Gasteiger partial charge in [-0.3, -0.25) is 9.79 Å². The molecular weight excluding hydrogens is 453 g/mol. The standard InChI is InChI=1S/C21H29N3O2.HI/c1-13-11-24(12-18(13)20(25)26-3)21(22-2)23-10-17-16-9-8-14-6-4-5-7-15(14)19(16)17;/h4-7,13,16-19H,8-12H2,1-3H3,(H,22,23);1H. The first-order chi connectivity index (χ1) is 12.6. The van der Waals surface area contributed by atoms with Crippen molar-refractivity contribution in [3.05, 3.63) is 35.4 Å². The molecule has 0 amide bonds. The molecule has 5 unspecified atom stereocenters. The number of benzene rings is 1. The first-order valence-corrected chi connectivity index (χ1v) is 9.75. The predicted molar refractivity (Wildman–Crippen MR) is 118 cm³/mol. The number of aryl methyl sites for hydroxylation is 1. The lowest BCUT2D eigenvalue weighted by molar-refractivity contribution is -0.145. The lowest BCUT2D eigenvalue weighted by atomic mass is 9.92. The van der Waals surface area contributed by atoms with E-state index >= 15 is 0 Å². The van der Waals surface area contributed by atoms with Gasteiger partial charge in [-0.2, -0.15) is 0 Å². The molecule has 3 aliphatic rings. The highest BCUT2D eigenvalue weighted by Gasteiger charge is 2.52. The van der Waals surface area contributed by atoms with E-state index in [-0.39, 0.29) is 41.8 Å². The summed E-state index contributed by atoms with van der Waals surface area (Å²) in [7, 11) is 3.30. The van der Waals surface area contributed by atoms with Crippen LogP contribution in [-0.4, -0.2) is 50.6 Å². The third kappa shape index (κ3) is 3.82. The summed E-state index contributed by atoms with van der Waals surface area (Å²) in [6, 6.07) is 8.92. The summed E-state index contributed by atoms with van der Waals surface area (Å²) in [5, 5.41) is 3.58. The van der Waals surface area contributed by atoms with E-state index in [2.05, 4.69) is 46.4 Å². The molecule has 0 radical (unpaired) electrons. The largest absolute Gasteiger partial charge is 0.469 e. The molecule has 6 heteroatoms. The maximum absolute atomic E-state index is 11.9. The van der Waals surface area contributed by atoms with Gasteiger partial charge < -0.3 is 15.0 Å². The van der Waals surface area contributed by atoms with Crippen molar-refractivity contribution < 1.29 is 9.53 Å². The number of fused-ring (bicyclic) bond motifs is 3. The number of methoxy groups -OCH3 is 1. The van der Waals surface area contributed by atoms with E-state index in [4.69, 9.17) is 4.74 Å². The molecule has 1 saturated heterocycles. The fraction of sp³-hybridized carbons (Fsp3) is 0.619. The summed E-state index contributed by atoms with van der Waals surface area (Å²) in [5.41, 5.74) is 3.10. The van der Waals surface area contributed by atoms with Crippen LogP contribution in [0.15, 0.2) is 29.3 Å². The van der Waals surface area contributed by atoms with Crippen LogP contribution in [0.2, 0.25) is 0 Å². The predicted octanol–water partition coefficient (Wildman–Crippen LogP) is 2.90. The lowest BCUT2D eigenvalue weighted by Gasteiger charge is -2.21. The van der Waals surface area contributed by atoms with Gasteiger partial charge in [0.2, 0.25) is 0 Å². The quantitative estimate of drug-likeness (QED) is 0.311. The van der Waals surface area contributed by atoms with Crippen LogP contribution < -0.4 is 5.32 Å². The third-order valence-corrected chi connectivity index (χ3v) is 6.62. The molecule has 4 rings (SSSR count). The van der Waals surface area contributed by atoms with Crippen LogP contribution in [0.5, 0.6) is 0 Å². The Hall–Kier alpha value is -1.31. The van der Waals surface area contributed by atoms with Gasteiger partial charge in [-0.1, -0.05) is 31.2 Å². The molecule has 0 bridgehead atoms. The zero-order valence-corrected chi connectivity index (χ0v) is 18.7. The molecule has 2 fully saturated rings.